The van der Waals surface area contributed by atoms with Crippen LogP contribution in [0.3, 0.4) is 0 Å². The number of benzene rings is 2. The summed E-state index contributed by atoms with van der Waals surface area (Å²) in [4.78, 5) is 26.4. The van der Waals surface area contributed by atoms with Crippen LogP contribution in [-0.2, 0) is 4.79 Å². The molecule has 0 saturated heterocycles. The minimum atomic E-state index is -0.104. The molecule has 0 spiro atoms. The van der Waals surface area contributed by atoms with E-state index in [1.807, 2.05) is 45.0 Å². The van der Waals surface area contributed by atoms with Gasteiger partial charge in [0.1, 0.15) is 11.5 Å². The van der Waals surface area contributed by atoms with E-state index < -0.39 is 0 Å². The highest BCUT2D eigenvalue weighted by Crippen LogP contribution is 2.18. The Hall–Kier alpha value is -3.02. The van der Waals surface area contributed by atoms with E-state index in [2.05, 4.69) is 5.32 Å². The van der Waals surface area contributed by atoms with Gasteiger partial charge in [0.25, 0.3) is 5.91 Å². The fourth-order valence-corrected chi connectivity index (χ4v) is 2.87. The molecule has 0 saturated carbocycles. The number of carbonyl (C=O) groups excluding carboxylic acids is 2. The summed E-state index contributed by atoms with van der Waals surface area (Å²) in [6.45, 7) is 8.21. The van der Waals surface area contributed by atoms with Crippen LogP contribution >= 0.6 is 0 Å². The predicted molar refractivity (Wildman–Crippen MR) is 115 cm³/mol. The topological polar surface area (TPSA) is 67.9 Å². The van der Waals surface area contributed by atoms with Crippen molar-refractivity contribution >= 4 is 17.5 Å². The largest absolute Gasteiger partial charge is 0.494 e. The summed E-state index contributed by atoms with van der Waals surface area (Å²) in [6.07, 6.45) is 0.933. The van der Waals surface area contributed by atoms with Crippen LogP contribution in [0.2, 0.25) is 0 Å². The number of hydrogen-bond donors (Lipinski definition) is 1. The van der Waals surface area contributed by atoms with Crippen molar-refractivity contribution in [2.45, 2.75) is 33.6 Å². The van der Waals surface area contributed by atoms with Crippen molar-refractivity contribution in [1.82, 2.24) is 4.90 Å². The SMILES string of the molecule is CCOc1ccc(OCCCC(=O)Nc2cccc(C(=O)N(CC)CC)c2)cc1. The molecule has 1 N–H and O–H groups in total. The van der Waals surface area contributed by atoms with E-state index >= 15 is 0 Å². The van der Waals surface area contributed by atoms with Gasteiger partial charge in [0.05, 0.1) is 13.2 Å². The first-order chi connectivity index (χ1) is 14.1. The van der Waals surface area contributed by atoms with Crippen molar-refractivity contribution < 1.29 is 19.1 Å². The smallest absolute Gasteiger partial charge is 0.253 e. The molecular weight excluding hydrogens is 368 g/mol. The number of rotatable bonds is 11. The lowest BCUT2D eigenvalue weighted by atomic mass is 10.1. The molecule has 0 aromatic heterocycles. The number of nitrogens with one attached hydrogen (secondary N) is 1. The van der Waals surface area contributed by atoms with Crippen LogP contribution in [0.1, 0.15) is 44.0 Å². The molecule has 0 atom stereocenters. The fraction of sp³-hybridized carbons (Fsp3) is 0.391. The normalized spacial score (nSPS) is 10.3. The lowest BCUT2D eigenvalue weighted by Crippen LogP contribution is -2.30. The fourth-order valence-electron chi connectivity index (χ4n) is 2.87. The third kappa shape index (κ3) is 7.14. The van der Waals surface area contributed by atoms with Crippen molar-refractivity contribution in [1.29, 1.82) is 0 Å². The number of carbonyl (C=O) groups is 2. The molecule has 2 rings (SSSR count). The predicted octanol–water partition coefficient (Wildman–Crippen LogP) is 4.37. The molecule has 0 aliphatic carbocycles. The molecule has 29 heavy (non-hydrogen) atoms. The van der Waals surface area contributed by atoms with E-state index in [-0.39, 0.29) is 11.8 Å². The lowest BCUT2D eigenvalue weighted by Gasteiger charge is -2.19. The Labute approximate surface area is 172 Å². The van der Waals surface area contributed by atoms with Crippen molar-refractivity contribution in [3.05, 3.63) is 54.1 Å². The molecule has 0 radical (unpaired) electrons. The molecule has 0 aliphatic heterocycles. The molecule has 0 unspecified atom stereocenters. The number of amides is 2. The summed E-state index contributed by atoms with van der Waals surface area (Å²) in [5.41, 5.74) is 1.20. The Kier molecular flexibility index (Phi) is 9.02. The Morgan fingerprint density at radius 2 is 1.59 bits per heavy atom. The van der Waals surface area contributed by atoms with E-state index in [1.165, 1.54) is 0 Å². The van der Waals surface area contributed by atoms with E-state index in [9.17, 15) is 9.59 Å². The highest BCUT2D eigenvalue weighted by molar-refractivity contribution is 5.97. The van der Waals surface area contributed by atoms with Gasteiger partial charge in [0, 0.05) is 30.8 Å². The van der Waals surface area contributed by atoms with Gasteiger partial charge < -0.3 is 19.7 Å². The summed E-state index contributed by atoms with van der Waals surface area (Å²) < 4.78 is 11.0. The maximum absolute atomic E-state index is 12.4. The maximum Gasteiger partial charge on any atom is 0.253 e. The molecule has 2 aromatic carbocycles. The minimum absolute atomic E-state index is 0.0325. The number of ether oxygens (including phenoxy) is 2. The number of hydrogen-bond acceptors (Lipinski definition) is 4. The first kappa shape index (κ1) is 22.3. The van der Waals surface area contributed by atoms with Gasteiger partial charge in [-0.05, 0) is 69.7 Å². The zero-order valence-electron chi connectivity index (χ0n) is 17.4. The Morgan fingerprint density at radius 3 is 2.21 bits per heavy atom. The zero-order valence-corrected chi connectivity index (χ0v) is 17.4. The minimum Gasteiger partial charge on any atom is -0.494 e. The Balaban J connectivity index is 1.77. The molecule has 6 heteroatoms. The quantitative estimate of drug-likeness (QED) is 0.571. The molecular formula is C23H30N2O4. The van der Waals surface area contributed by atoms with E-state index in [4.69, 9.17) is 9.47 Å². The van der Waals surface area contributed by atoms with Gasteiger partial charge in [-0.2, -0.15) is 0 Å². The Bertz CT molecular complexity index is 786. The second-order valence-electron chi connectivity index (χ2n) is 6.46. The van der Waals surface area contributed by atoms with E-state index in [0.717, 1.165) is 11.5 Å². The standard InChI is InChI=1S/C23H30N2O4/c1-4-25(5-2)23(27)18-9-7-10-19(17-18)24-22(26)11-8-16-29-21-14-12-20(13-15-21)28-6-3/h7,9-10,12-15,17H,4-6,8,11,16H2,1-3H3,(H,24,26). The molecule has 6 nitrogen and oxygen atoms in total. The lowest BCUT2D eigenvalue weighted by molar-refractivity contribution is -0.116. The molecule has 0 fully saturated rings. The van der Waals surface area contributed by atoms with Crippen LogP contribution in [-0.4, -0.2) is 43.0 Å². The molecule has 0 aliphatic rings. The van der Waals surface area contributed by atoms with Crippen molar-refractivity contribution in [2.24, 2.45) is 0 Å². The highest BCUT2D eigenvalue weighted by atomic mass is 16.5. The van der Waals surface area contributed by atoms with Crippen LogP contribution in [0.25, 0.3) is 0 Å². The first-order valence-electron chi connectivity index (χ1n) is 10.1. The summed E-state index contributed by atoms with van der Waals surface area (Å²) in [5, 5.41) is 2.85. The summed E-state index contributed by atoms with van der Waals surface area (Å²) in [7, 11) is 0. The van der Waals surface area contributed by atoms with Crippen LogP contribution < -0.4 is 14.8 Å². The van der Waals surface area contributed by atoms with Gasteiger partial charge >= 0.3 is 0 Å². The van der Waals surface area contributed by atoms with Crippen molar-refractivity contribution in [3.63, 3.8) is 0 Å². The van der Waals surface area contributed by atoms with Gasteiger partial charge in [-0.15, -0.1) is 0 Å². The van der Waals surface area contributed by atoms with E-state index in [1.54, 1.807) is 29.2 Å². The van der Waals surface area contributed by atoms with E-state index in [0.29, 0.717) is 50.4 Å². The van der Waals surface area contributed by atoms with Crippen molar-refractivity contribution in [2.75, 3.05) is 31.6 Å². The van der Waals surface area contributed by atoms with Crippen LogP contribution in [0.15, 0.2) is 48.5 Å². The summed E-state index contributed by atoms with van der Waals surface area (Å²) >= 11 is 0. The number of nitrogens with zero attached hydrogens (tertiary/aromatic N) is 1. The van der Waals surface area contributed by atoms with Gasteiger partial charge in [0.15, 0.2) is 0 Å². The second-order valence-corrected chi connectivity index (χ2v) is 6.46. The monoisotopic (exact) mass is 398 g/mol. The second kappa shape index (κ2) is 11.7. The average molecular weight is 399 g/mol. The van der Waals surface area contributed by atoms with Crippen molar-refractivity contribution in [3.8, 4) is 11.5 Å². The first-order valence-corrected chi connectivity index (χ1v) is 10.1. The molecule has 2 aromatic rings. The molecule has 156 valence electrons. The van der Waals surface area contributed by atoms with Crippen LogP contribution in [0.5, 0.6) is 11.5 Å². The Morgan fingerprint density at radius 1 is 0.931 bits per heavy atom. The zero-order chi connectivity index (χ0) is 21.1. The average Bonchev–Trinajstić information content (AvgIpc) is 2.73. The van der Waals surface area contributed by atoms with Crippen LogP contribution in [0, 0.1) is 0 Å². The highest BCUT2D eigenvalue weighted by Gasteiger charge is 2.13. The third-order valence-corrected chi connectivity index (χ3v) is 4.40. The van der Waals surface area contributed by atoms with Gasteiger partial charge in [-0.1, -0.05) is 6.07 Å². The van der Waals surface area contributed by atoms with Gasteiger partial charge in [0.2, 0.25) is 5.91 Å². The third-order valence-electron chi connectivity index (χ3n) is 4.40. The molecule has 0 heterocycles. The molecule has 0 bridgehead atoms. The van der Waals surface area contributed by atoms with Gasteiger partial charge in [-0.3, -0.25) is 9.59 Å². The number of anilines is 1. The summed E-state index contributed by atoms with van der Waals surface area (Å²) in [5.74, 6) is 1.42. The maximum atomic E-state index is 12.4. The molecule has 2 amide bonds. The van der Waals surface area contributed by atoms with Gasteiger partial charge in [-0.25, -0.2) is 0 Å². The summed E-state index contributed by atoms with van der Waals surface area (Å²) in [6, 6.07) is 14.5. The van der Waals surface area contributed by atoms with Crippen LogP contribution in [0.4, 0.5) is 5.69 Å².